The lowest BCUT2D eigenvalue weighted by Gasteiger charge is -2.24. The summed E-state index contributed by atoms with van der Waals surface area (Å²) >= 11 is 0. The molecule has 0 aromatic carbocycles. The fourth-order valence-electron chi connectivity index (χ4n) is 1.10. The first-order valence-corrected chi connectivity index (χ1v) is 6.04. The molecule has 0 radical (unpaired) electrons. The predicted octanol–water partition coefficient (Wildman–Crippen LogP) is 0.391. The van der Waals surface area contributed by atoms with Gasteiger partial charge in [0.2, 0.25) is 11.8 Å². The molecule has 100 valence electrons. The number of nitrogens with one attached hydrogen (secondary N) is 2. The van der Waals surface area contributed by atoms with Crippen molar-refractivity contribution in [2.75, 3.05) is 6.54 Å². The summed E-state index contributed by atoms with van der Waals surface area (Å²) < 4.78 is 0. The molecular weight excluding hydrogens is 218 g/mol. The molecule has 0 aliphatic carbocycles. The first-order chi connectivity index (χ1) is 7.69. The molecule has 0 rings (SSSR count). The molecule has 4 N–H and O–H groups in total. The molecule has 0 saturated carbocycles. The van der Waals surface area contributed by atoms with E-state index in [4.69, 9.17) is 5.73 Å². The molecule has 2 amide bonds. The summed E-state index contributed by atoms with van der Waals surface area (Å²) in [5.74, 6) is -0.421. The van der Waals surface area contributed by atoms with Crippen molar-refractivity contribution in [3.8, 4) is 0 Å². The first kappa shape index (κ1) is 15.9. The van der Waals surface area contributed by atoms with E-state index in [9.17, 15) is 9.59 Å². The van der Waals surface area contributed by atoms with Crippen molar-refractivity contribution in [1.29, 1.82) is 0 Å². The number of rotatable bonds is 6. The molecule has 0 saturated heterocycles. The van der Waals surface area contributed by atoms with Crippen LogP contribution in [0.1, 0.15) is 41.0 Å². The van der Waals surface area contributed by atoms with Crippen LogP contribution in [-0.4, -0.2) is 29.9 Å². The Morgan fingerprint density at radius 2 is 1.82 bits per heavy atom. The van der Waals surface area contributed by atoms with Gasteiger partial charge in [-0.1, -0.05) is 20.8 Å². The normalized spacial score (nSPS) is 13.4. The molecule has 0 spiro atoms. The highest BCUT2D eigenvalue weighted by atomic mass is 16.2. The van der Waals surface area contributed by atoms with Gasteiger partial charge in [-0.25, -0.2) is 0 Å². The third kappa shape index (κ3) is 6.26. The first-order valence-electron chi connectivity index (χ1n) is 6.04. The SMILES string of the molecule is CCC(C)(C)NC(=O)CNC(=O)[C@@H](N)C(C)C. The van der Waals surface area contributed by atoms with Crippen LogP contribution in [0.5, 0.6) is 0 Å². The summed E-state index contributed by atoms with van der Waals surface area (Å²) in [6.45, 7) is 9.57. The Morgan fingerprint density at radius 1 is 1.29 bits per heavy atom. The number of hydrogen-bond donors (Lipinski definition) is 3. The maximum atomic E-state index is 11.5. The molecule has 0 aliphatic heterocycles. The molecule has 0 aromatic rings. The van der Waals surface area contributed by atoms with Crippen molar-refractivity contribution in [1.82, 2.24) is 10.6 Å². The van der Waals surface area contributed by atoms with Gasteiger partial charge >= 0.3 is 0 Å². The Labute approximate surface area is 104 Å². The average Bonchev–Trinajstić information content (AvgIpc) is 2.24. The minimum atomic E-state index is -0.568. The van der Waals surface area contributed by atoms with Crippen LogP contribution in [0.4, 0.5) is 0 Å². The second-order valence-corrected chi connectivity index (χ2v) is 5.27. The highest BCUT2D eigenvalue weighted by molar-refractivity contribution is 5.87. The molecule has 0 heterocycles. The molecule has 0 aliphatic rings. The number of carbonyl (C=O) groups excluding carboxylic acids is 2. The molecule has 1 atom stereocenters. The third-order valence-electron chi connectivity index (χ3n) is 2.81. The quantitative estimate of drug-likeness (QED) is 0.631. The number of nitrogens with two attached hydrogens (primary N) is 1. The zero-order valence-electron chi connectivity index (χ0n) is 11.5. The minimum Gasteiger partial charge on any atom is -0.350 e. The summed E-state index contributed by atoms with van der Waals surface area (Å²) in [5.41, 5.74) is 5.41. The monoisotopic (exact) mass is 243 g/mol. The Balaban J connectivity index is 4.05. The lowest BCUT2D eigenvalue weighted by Crippen LogP contribution is -2.50. The maximum Gasteiger partial charge on any atom is 0.239 e. The molecular formula is C12H25N3O2. The van der Waals surface area contributed by atoms with Gasteiger partial charge in [0.15, 0.2) is 0 Å². The zero-order valence-corrected chi connectivity index (χ0v) is 11.5. The van der Waals surface area contributed by atoms with E-state index in [0.29, 0.717) is 0 Å². The lowest BCUT2D eigenvalue weighted by molar-refractivity contribution is -0.128. The second kappa shape index (κ2) is 6.59. The molecule has 0 unspecified atom stereocenters. The van der Waals surface area contributed by atoms with E-state index in [1.54, 1.807) is 0 Å². The largest absolute Gasteiger partial charge is 0.350 e. The van der Waals surface area contributed by atoms with Crippen LogP contribution >= 0.6 is 0 Å². The predicted molar refractivity (Wildman–Crippen MR) is 68.3 cm³/mol. The second-order valence-electron chi connectivity index (χ2n) is 5.27. The Bertz CT molecular complexity index is 275. The standard InChI is InChI=1S/C12H25N3O2/c1-6-12(4,5)15-9(16)7-14-11(17)10(13)8(2)3/h8,10H,6-7,13H2,1-5H3,(H,14,17)(H,15,16)/t10-/m0/s1. The van der Waals surface area contributed by atoms with Gasteiger partial charge < -0.3 is 16.4 Å². The van der Waals surface area contributed by atoms with Crippen molar-refractivity contribution >= 4 is 11.8 Å². The molecule has 0 bridgehead atoms. The Kier molecular flexibility index (Phi) is 6.16. The van der Waals surface area contributed by atoms with Crippen molar-refractivity contribution < 1.29 is 9.59 Å². The number of hydrogen-bond acceptors (Lipinski definition) is 3. The van der Waals surface area contributed by atoms with Crippen molar-refractivity contribution in [2.45, 2.75) is 52.6 Å². The fraction of sp³-hybridized carbons (Fsp3) is 0.833. The summed E-state index contributed by atoms with van der Waals surface area (Å²) in [4.78, 5) is 23.1. The van der Waals surface area contributed by atoms with Gasteiger partial charge in [0, 0.05) is 5.54 Å². The van der Waals surface area contributed by atoms with Crippen LogP contribution in [0, 0.1) is 5.92 Å². The zero-order chi connectivity index (χ0) is 13.6. The minimum absolute atomic E-state index is 0.0251. The van der Waals surface area contributed by atoms with Gasteiger partial charge in [0.1, 0.15) is 0 Å². The third-order valence-corrected chi connectivity index (χ3v) is 2.81. The summed E-state index contributed by atoms with van der Waals surface area (Å²) in [6.07, 6.45) is 0.832. The van der Waals surface area contributed by atoms with Crippen LogP contribution in [0.3, 0.4) is 0 Å². The highest BCUT2D eigenvalue weighted by Gasteiger charge is 2.20. The van der Waals surface area contributed by atoms with Crippen molar-refractivity contribution in [3.05, 3.63) is 0 Å². The summed E-state index contributed by atoms with van der Waals surface area (Å²) in [5, 5.41) is 5.37. The summed E-state index contributed by atoms with van der Waals surface area (Å²) in [7, 11) is 0. The van der Waals surface area contributed by atoms with E-state index in [1.807, 2.05) is 34.6 Å². The van der Waals surface area contributed by atoms with E-state index in [1.165, 1.54) is 0 Å². The van der Waals surface area contributed by atoms with E-state index in [0.717, 1.165) is 6.42 Å². The van der Waals surface area contributed by atoms with Gasteiger partial charge in [0.05, 0.1) is 12.6 Å². The van der Waals surface area contributed by atoms with Crippen LogP contribution in [0.2, 0.25) is 0 Å². The molecule has 5 nitrogen and oxygen atoms in total. The van der Waals surface area contributed by atoms with Crippen LogP contribution in [-0.2, 0) is 9.59 Å². The van der Waals surface area contributed by atoms with Crippen LogP contribution in [0.15, 0.2) is 0 Å². The Hall–Kier alpha value is -1.10. The molecule has 0 fully saturated rings. The van der Waals surface area contributed by atoms with Gasteiger partial charge in [-0.3, -0.25) is 9.59 Å². The van der Waals surface area contributed by atoms with Gasteiger partial charge in [-0.2, -0.15) is 0 Å². The van der Waals surface area contributed by atoms with Gasteiger partial charge in [0.25, 0.3) is 0 Å². The molecule has 17 heavy (non-hydrogen) atoms. The summed E-state index contributed by atoms with van der Waals surface area (Å²) in [6, 6.07) is -0.568. The Morgan fingerprint density at radius 3 is 2.24 bits per heavy atom. The van der Waals surface area contributed by atoms with E-state index in [2.05, 4.69) is 10.6 Å². The van der Waals surface area contributed by atoms with E-state index in [-0.39, 0.29) is 29.8 Å². The molecule has 0 aromatic heterocycles. The van der Waals surface area contributed by atoms with Crippen molar-refractivity contribution in [3.63, 3.8) is 0 Å². The topological polar surface area (TPSA) is 84.2 Å². The van der Waals surface area contributed by atoms with E-state index >= 15 is 0 Å². The van der Waals surface area contributed by atoms with Gasteiger partial charge in [-0.05, 0) is 26.2 Å². The molecule has 5 heteroatoms. The number of carbonyl (C=O) groups is 2. The number of amides is 2. The van der Waals surface area contributed by atoms with Crippen molar-refractivity contribution in [2.24, 2.45) is 11.7 Å². The smallest absolute Gasteiger partial charge is 0.239 e. The highest BCUT2D eigenvalue weighted by Crippen LogP contribution is 2.05. The van der Waals surface area contributed by atoms with E-state index < -0.39 is 6.04 Å². The fourth-order valence-corrected chi connectivity index (χ4v) is 1.10. The van der Waals surface area contributed by atoms with Crippen LogP contribution in [0.25, 0.3) is 0 Å². The van der Waals surface area contributed by atoms with Crippen LogP contribution < -0.4 is 16.4 Å². The van der Waals surface area contributed by atoms with Gasteiger partial charge in [-0.15, -0.1) is 0 Å². The lowest BCUT2D eigenvalue weighted by atomic mass is 10.0. The maximum absolute atomic E-state index is 11.5. The average molecular weight is 243 g/mol.